The third-order valence-electron chi connectivity index (χ3n) is 8.69. The minimum atomic E-state index is -0.166. The second-order valence-electron chi connectivity index (χ2n) is 9.87. The van der Waals surface area contributed by atoms with Crippen LogP contribution in [0.5, 0.6) is 0 Å². The van der Waals surface area contributed by atoms with Gasteiger partial charge in [0.05, 0.1) is 0 Å². The van der Waals surface area contributed by atoms with E-state index in [9.17, 15) is 4.79 Å². The summed E-state index contributed by atoms with van der Waals surface area (Å²) < 4.78 is 2.65. The molecular weight excluding hydrogens is 306 g/mol. The molecule has 2 nitrogen and oxygen atoms in total. The Morgan fingerprint density at radius 2 is 1.80 bits per heavy atom. The fraction of sp³-hybridized carbons (Fsp3) is 0.609. The molecule has 0 bridgehead atoms. The molecule has 2 aliphatic carbocycles. The molecule has 0 spiro atoms. The van der Waals surface area contributed by atoms with Crippen LogP contribution in [0.15, 0.2) is 30.3 Å². The Bertz CT molecular complexity index is 891. The number of para-hydroxylation sites is 1. The fourth-order valence-corrected chi connectivity index (χ4v) is 7.09. The average Bonchev–Trinajstić information content (AvgIpc) is 3.05. The van der Waals surface area contributed by atoms with Crippen molar-refractivity contribution in [3.63, 3.8) is 0 Å². The monoisotopic (exact) mass is 335 g/mol. The van der Waals surface area contributed by atoms with Crippen LogP contribution in [0.3, 0.4) is 0 Å². The molecule has 2 saturated carbocycles. The molecule has 0 saturated heterocycles. The molecule has 0 amide bonds. The van der Waals surface area contributed by atoms with Gasteiger partial charge in [0, 0.05) is 29.1 Å². The van der Waals surface area contributed by atoms with E-state index in [-0.39, 0.29) is 16.2 Å². The molecular formula is C23H29NO. The first-order valence-electron chi connectivity index (χ1n) is 9.91. The van der Waals surface area contributed by atoms with E-state index in [1.54, 1.807) is 0 Å². The summed E-state index contributed by atoms with van der Waals surface area (Å²) in [6, 6.07) is 11.8. The molecule has 0 radical (unpaired) electrons. The highest BCUT2D eigenvalue weighted by Crippen LogP contribution is 2.69. The van der Waals surface area contributed by atoms with Crippen LogP contribution in [0.1, 0.15) is 65.1 Å². The molecule has 0 N–H and O–H groups in total. The number of Topliss-reactive ketones (excluding diaryl/α,β-unsaturated/α-hetero) is 1. The maximum atomic E-state index is 12.6. The minimum Gasteiger partial charge on any atom is -0.341 e. The smallest absolute Gasteiger partial charge is 0.138 e. The number of ketones is 1. The van der Waals surface area contributed by atoms with Gasteiger partial charge in [-0.15, -0.1) is 0 Å². The van der Waals surface area contributed by atoms with Gasteiger partial charge in [0.1, 0.15) is 5.78 Å². The largest absolute Gasteiger partial charge is 0.341 e. The maximum Gasteiger partial charge on any atom is 0.138 e. The number of aromatic nitrogens is 1. The van der Waals surface area contributed by atoms with Crippen LogP contribution in [0.25, 0.3) is 10.9 Å². The average molecular weight is 335 g/mol. The third-order valence-corrected chi connectivity index (χ3v) is 8.69. The zero-order valence-corrected chi connectivity index (χ0v) is 15.9. The van der Waals surface area contributed by atoms with Gasteiger partial charge in [0.25, 0.3) is 0 Å². The molecule has 25 heavy (non-hydrogen) atoms. The summed E-state index contributed by atoms with van der Waals surface area (Å²) in [6.45, 7) is 9.46. The summed E-state index contributed by atoms with van der Waals surface area (Å²) in [5.41, 5.74) is 3.24. The first kappa shape index (κ1) is 15.7. The Hall–Kier alpha value is -1.57. The lowest BCUT2D eigenvalue weighted by molar-refractivity contribution is -0.162. The molecule has 1 aliphatic heterocycles. The van der Waals surface area contributed by atoms with Gasteiger partial charge in [-0.3, -0.25) is 4.79 Å². The van der Waals surface area contributed by atoms with Crippen LogP contribution >= 0.6 is 0 Å². The normalized spacial score (nSPS) is 39.1. The van der Waals surface area contributed by atoms with Crippen molar-refractivity contribution in [2.24, 2.45) is 22.2 Å². The summed E-state index contributed by atoms with van der Waals surface area (Å²) in [7, 11) is 0. The lowest BCUT2D eigenvalue weighted by Gasteiger charge is -2.62. The maximum absolute atomic E-state index is 12.6. The van der Waals surface area contributed by atoms with Crippen LogP contribution in [-0.4, -0.2) is 10.4 Å². The van der Waals surface area contributed by atoms with Crippen molar-refractivity contribution < 1.29 is 4.79 Å². The van der Waals surface area contributed by atoms with E-state index >= 15 is 0 Å². The fourth-order valence-electron chi connectivity index (χ4n) is 7.09. The number of benzene rings is 1. The Kier molecular flexibility index (Phi) is 2.87. The molecule has 2 heterocycles. The van der Waals surface area contributed by atoms with Crippen molar-refractivity contribution in [2.75, 3.05) is 0 Å². The van der Waals surface area contributed by atoms with Crippen LogP contribution in [0.4, 0.5) is 0 Å². The number of carbonyl (C=O) groups excluding carboxylic acids is 1. The van der Waals surface area contributed by atoms with Gasteiger partial charge in [0.15, 0.2) is 0 Å². The van der Waals surface area contributed by atoms with Gasteiger partial charge in [-0.05, 0) is 60.0 Å². The number of nitrogens with zero attached hydrogens (tertiary/aromatic N) is 1. The highest BCUT2D eigenvalue weighted by atomic mass is 16.1. The van der Waals surface area contributed by atoms with Crippen LogP contribution in [0, 0.1) is 22.2 Å². The van der Waals surface area contributed by atoms with E-state index in [0.29, 0.717) is 17.7 Å². The number of rotatable bonds is 0. The lowest BCUT2D eigenvalue weighted by atomic mass is 9.42. The highest BCUT2D eigenvalue weighted by molar-refractivity contribution is 5.86. The van der Waals surface area contributed by atoms with Crippen molar-refractivity contribution in [3.05, 3.63) is 36.0 Å². The summed E-state index contributed by atoms with van der Waals surface area (Å²) in [5.74, 6) is 0.999. The molecule has 2 heteroatoms. The van der Waals surface area contributed by atoms with E-state index < -0.39 is 0 Å². The van der Waals surface area contributed by atoms with Crippen molar-refractivity contribution >= 4 is 16.7 Å². The van der Waals surface area contributed by atoms with E-state index in [2.05, 4.69) is 62.6 Å². The van der Waals surface area contributed by atoms with Crippen LogP contribution in [0.2, 0.25) is 0 Å². The Morgan fingerprint density at radius 3 is 2.60 bits per heavy atom. The second-order valence-corrected chi connectivity index (χ2v) is 9.87. The second kappa shape index (κ2) is 4.58. The van der Waals surface area contributed by atoms with Crippen molar-refractivity contribution in [3.8, 4) is 0 Å². The topological polar surface area (TPSA) is 22.0 Å². The van der Waals surface area contributed by atoms with Gasteiger partial charge in [0.2, 0.25) is 0 Å². The van der Waals surface area contributed by atoms with E-state index in [1.165, 1.54) is 29.4 Å². The Balaban J connectivity index is 1.66. The number of hydrogen-bond donors (Lipinski definition) is 0. The van der Waals surface area contributed by atoms with Gasteiger partial charge in [-0.25, -0.2) is 0 Å². The molecule has 2 aromatic rings. The number of hydrogen-bond acceptors (Lipinski definition) is 1. The number of fused-ring (bicyclic) bond motifs is 7. The zero-order valence-electron chi connectivity index (χ0n) is 15.9. The van der Waals surface area contributed by atoms with Gasteiger partial charge >= 0.3 is 0 Å². The molecule has 2 fully saturated rings. The molecule has 0 unspecified atom stereocenters. The zero-order chi connectivity index (χ0) is 17.6. The molecule has 3 aliphatic rings. The Labute approximate surface area is 150 Å². The quantitative estimate of drug-likeness (QED) is 0.618. The molecule has 4 atom stereocenters. The van der Waals surface area contributed by atoms with E-state index in [0.717, 1.165) is 19.3 Å². The van der Waals surface area contributed by atoms with Gasteiger partial charge in [-0.1, -0.05) is 45.9 Å². The van der Waals surface area contributed by atoms with Gasteiger partial charge in [-0.2, -0.15) is 0 Å². The van der Waals surface area contributed by atoms with Crippen LogP contribution in [-0.2, 0) is 11.2 Å². The van der Waals surface area contributed by atoms with Crippen LogP contribution < -0.4 is 0 Å². The molecule has 1 aromatic heterocycles. The first-order chi connectivity index (χ1) is 11.8. The summed E-state index contributed by atoms with van der Waals surface area (Å²) in [6.07, 6.45) is 5.37. The highest BCUT2D eigenvalue weighted by Gasteiger charge is 2.64. The third kappa shape index (κ3) is 1.69. The summed E-state index contributed by atoms with van der Waals surface area (Å²) in [5, 5.41) is 1.38. The molecule has 5 rings (SSSR count). The number of carbonyl (C=O) groups is 1. The SMILES string of the molecule is CC1(C)C(=O)CC[C@@]2(C)[C@@H]1CC[C@@H]1n3c(cc4ccccc43)C[C@]12C. The van der Waals surface area contributed by atoms with Crippen molar-refractivity contribution in [1.29, 1.82) is 0 Å². The predicted octanol–water partition coefficient (Wildman–Crippen LogP) is 5.55. The van der Waals surface area contributed by atoms with E-state index in [1.807, 2.05) is 0 Å². The predicted molar refractivity (Wildman–Crippen MR) is 102 cm³/mol. The molecule has 132 valence electrons. The van der Waals surface area contributed by atoms with Crippen molar-refractivity contribution in [2.45, 2.75) is 65.8 Å². The lowest BCUT2D eigenvalue weighted by Crippen LogP contribution is -2.58. The summed E-state index contributed by atoms with van der Waals surface area (Å²) >= 11 is 0. The standard InChI is InChI=1S/C23H29NO/c1-21(2)18-9-10-19-23(4,22(18,3)12-11-20(21)25)14-16-13-15-7-5-6-8-17(15)24(16)19/h5-8,13,18-19H,9-12,14H2,1-4H3/t18-,19+,22+,23-/m1/s1. The molecule has 1 aromatic carbocycles. The van der Waals surface area contributed by atoms with Gasteiger partial charge < -0.3 is 4.57 Å². The Morgan fingerprint density at radius 1 is 1.04 bits per heavy atom. The first-order valence-corrected chi connectivity index (χ1v) is 9.91. The van der Waals surface area contributed by atoms with Crippen molar-refractivity contribution in [1.82, 2.24) is 4.57 Å². The minimum absolute atomic E-state index is 0.166. The van der Waals surface area contributed by atoms with E-state index in [4.69, 9.17) is 0 Å². The summed E-state index contributed by atoms with van der Waals surface area (Å²) in [4.78, 5) is 12.6.